The van der Waals surface area contributed by atoms with E-state index in [0.29, 0.717) is 11.6 Å². The van der Waals surface area contributed by atoms with E-state index in [-0.39, 0.29) is 0 Å². The Hall–Kier alpha value is -1.67. The topological polar surface area (TPSA) is 84.8 Å². The standard InChI is InChI=1S/C7H8N4O/c1-12-7-2-6(5(9)3-8)10-4-11-7/h2,4-5H,9H2,1H3. The third-order valence-electron chi connectivity index (χ3n) is 1.33. The van der Waals surface area contributed by atoms with Gasteiger partial charge in [0.2, 0.25) is 5.88 Å². The van der Waals surface area contributed by atoms with Crippen LogP contribution in [-0.4, -0.2) is 17.1 Å². The lowest BCUT2D eigenvalue weighted by atomic mass is 10.2. The van der Waals surface area contributed by atoms with E-state index in [2.05, 4.69) is 9.97 Å². The van der Waals surface area contributed by atoms with Crippen LogP contribution < -0.4 is 10.5 Å². The van der Waals surface area contributed by atoms with E-state index >= 15 is 0 Å². The molecule has 1 rings (SSSR count). The van der Waals surface area contributed by atoms with Gasteiger partial charge in [-0.25, -0.2) is 9.97 Å². The molecular weight excluding hydrogens is 156 g/mol. The molecule has 1 unspecified atom stereocenters. The zero-order valence-corrected chi connectivity index (χ0v) is 6.56. The Labute approximate surface area is 69.8 Å². The molecule has 0 aromatic carbocycles. The van der Waals surface area contributed by atoms with Gasteiger partial charge in [-0.05, 0) is 0 Å². The molecule has 0 spiro atoms. The fourth-order valence-corrected chi connectivity index (χ4v) is 0.701. The number of hydrogen-bond donors (Lipinski definition) is 1. The van der Waals surface area contributed by atoms with Crippen molar-refractivity contribution < 1.29 is 4.74 Å². The summed E-state index contributed by atoms with van der Waals surface area (Å²) >= 11 is 0. The zero-order valence-electron chi connectivity index (χ0n) is 6.56. The Bertz CT molecular complexity index is 307. The highest BCUT2D eigenvalue weighted by molar-refractivity contribution is 5.19. The molecule has 0 aliphatic heterocycles. The molecule has 0 saturated heterocycles. The molecule has 5 heteroatoms. The molecule has 1 aromatic heterocycles. The van der Waals surface area contributed by atoms with Gasteiger partial charge in [0.25, 0.3) is 0 Å². The van der Waals surface area contributed by atoms with Crippen LogP contribution >= 0.6 is 0 Å². The minimum absolute atomic E-state index is 0.408. The molecule has 0 amide bonds. The van der Waals surface area contributed by atoms with Crippen LogP contribution in [0.4, 0.5) is 0 Å². The predicted octanol–water partition coefficient (Wildman–Crippen LogP) is 0.00858. The molecule has 2 N–H and O–H groups in total. The summed E-state index contributed by atoms with van der Waals surface area (Å²) in [6, 6.07) is 2.68. The predicted molar refractivity (Wildman–Crippen MR) is 41.1 cm³/mol. The van der Waals surface area contributed by atoms with Gasteiger partial charge in [-0.15, -0.1) is 0 Å². The van der Waals surface area contributed by atoms with Gasteiger partial charge in [0.05, 0.1) is 18.9 Å². The first kappa shape index (κ1) is 8.43. The number of ether oxygens (including phenoxy) is 1. The first-order valence-corrected chi connectivity index (χ1v) is 3.29. The van der Waals surface area contributed by atoms with E-state index in [1.54, 1.807) is 0 Å². The monoisotopic (exact) mass is 164 g/mol. The lowest BCUT2D eigenvalue weighted by molar-refractivity contribution is 0.395. The number of hydrogen-bond acceptors (Lipinski definition) is 5. The molecule has 0 aliphatic rings. The fourth-order valence-electron chi connectivity index (χ4n) is 0.701. The SMILES string of the molecule is COc1cc(C(N)C#N)ncn1. The molecule has 0 aliphatic carbocycles. The number of nitrogens with two attached hydrogens (primary N) is 1. The third kappa shape index (κ3) is 1.68. The average Bonchev–Trinajstić information content (AvgIpc) is 2.17. The van der Waals surface area contributed by atoms with Crippen LogP contribution in [0.2, 0.25) is 0 Å². The molecule has 1 heterocycles. The molecule has 0 radical (unpaired) electrons. The minimum atomic E-state index is -0.720. The Kier molecular flexibility index (Phi) is 2.56. The summed E-state index contributed by atoms with van der Waals surface area (Å²) in [4.78, 5) is 7.60. The van der Waals surface area contributed by atoms with Gasteiger partial charge in [-0.1, -0.05) is 0 Å². The van der Waals surface area contributed by atoms with Crippen molar-refractivity contribution in [1.82, 2.24) is 9.97 Å². The van der Waals surface area contributed by atoms with E-state index in [0.717, 1.165) is 0 Å². The van der Waals surface area contributed by atoms with Gasteiger partial charge in [0.15, 0.2) is 0 Å². The first-order chi connectivity index (χ1) is 5.77. The lowest BCUT2D eigenvalue weighted by Crippen LogP contribution is -2.09. The number of aromatic nitrogens is 2. The van der Waals surface area contributed by atoms with Crippen LogP contribution in [0.5, 0.6) is 5.88 Å². The summed E-state index contributed by atoms with van der Waals surface area (Å²) < 4.78 is 4.83. The largest absolute Gasteiger partial charge is 0.481 e. The van der Waals surface area contributed by atoms with Crippen molar-refractivity contribution in [3.05, 3.63) is 18.1 Å². The van der Waals surface area contributed by atoms with Crippen LogP contribution in [0.3, 0.4) is 0 Å². The van der Waals surface area contributed by atoms with Crippen LogP contribution in [0.15, 0.2) is 12.4 Å². The summed E-state index contributed by atoms with van der Waals surface area (Å²) in [6.45, 7) is 0. The molecule has 5 nitrogen and oxygen atoms in total. The Morgan fingerprint density at radius 3 is 3.00 bits per heavy atom. The van der Waals surface area contributed by atoms with Crippen molar-refractivity contribution in [1.29, 1.82) is 5.26 Å². The van der Waals surface area contributed by atoms with Crippen molar-refractivity contribution in [3.63, 3.8) is 0 Å². The van der Waals surface area contributed by atoms with Crippen molar-refractivity contribution in [2.24, 2.45) is 5.73 Å². The summed E-state index contributed by atoms with van der Waals surface area (Å²) in [5, 5.41) is 8.48. The maximum absolute atomic E-state index is 8.48. The van der Waals surface area contributed by atoms with Gasteiger partial charge in [-0.2, -0.15) is 5.26 Å². The third-order valence-corrected chi connectivity index (χ3v) is 1.33. The van der Waals surface area contributed by atoms with E-state index < -0.39 is 6.04 Å². The van der Waals surface area contributed by atoms with Crippen LogP contribution in [0, 0.1) is 11.3 Å². The van der Waals surface area contributed by atoms with E-state index in [1.807, 2.05) is 6.07 Å². The van der Waals surface area contributed by atoms with E-state index in [9.17, 15) is 0 Å². The van der Waals surface area contributed by atoms with E-state index in [1.165, 1.54) is 19.5 Å². The molecule has 62 valence electrons. The summed E-state index contributed by atoms with van der Waals surface area (Å²) in [7, 11) is 1.49. The zero-order chi connectivity index (χ0) is 8.97. The molecule has 1 aromatic rings. The molecule has 0 bridgehead atoms. The Balaban J connectivity index is 2.95. The number of nitrogens with zero attached hydrogens (tertiary/aromatic N) is 3. The Morgan fingerprint density at radius 1 is 1.67 bits per heavy atom. The highest BCUT2D eigenvalue weighted by Gasteiger charge is 2.06. The fraction of sp³-hybridized carbons (Fsp3) is 0.286. The van der Waals surface area contributed by atoms with Crippen LogP contribution in [-0.2, 0) is 0 Å². The maximum atomic E-state index is 8.48. The van der Waals surface area contributed by atoms with Crippen LogP contribution in [0.25, 0.3) is 0 Å². The summed E-state index contributed by atoms with van der Waals surface area (Å²) in [6.07, 6.45) is 1.31. The molecule has 0 saturated carbocycles. The quantitative estimate of drug-likeness (QED) is 0.665. The number of rotatable bonds is 2. The summed E-state index contributed by atoms with van der Waals surface area (Å²) in [5.41, 5.74) is 5.87. The second kappa shape index (κ2) is 3.64. The first-order valence-electron chi connectivity index (χ1n) is 3.29. The van der Waals surface area contributed by atoms with Gasteiger partial charge in [-0.3, -0.25) is 0 Å². The molecular formula is C7H8N4O. The van der Waals surface area contributed by atoms with Gasteiger partial charge in [0, 0.05) is 6.07 Å². The molecule has 1 atom stereocenters. The summed E-state index contributed by atoms with van der Waals surface area (Å²) in [5.74, 6) is 0.408. The van der Waals surface area contributed by atoms with Crippen molar-refractivity contribution in [3.8, 4) is 11.9 Å². The van der Waals surface area contributed by atoms with Crippen LogP contribution in [0.1, 0.15) is 11.7 Å². The average molecular weight is 164 g/mol. The number of methoxy groups -OCH3 is 1. The highest BCUT2D eigenvalue weighted by Crippen LogP contribution is 2.10. The van der Waals surface area contributed by atoms with E-state index in [4.69, 9.17) is 15.7 Å². The van der Waals surface area contributed by atoms with Gasteiger partial charge < -0.3 is 10.5 Å². The second-order valence-corrected chi connectivity index (χ2v) is 2.09. The highest BCUT2D eigenvalue weighted by atomic mass is 16.5. The minimum Gasteiger partial charge on any atom is -0.481 e. The smallest absolute Gasteiger partial charge is 0.216 e. The molecule has 0 fully saturated rings. The maximum Gasteiger partial charge on any atom is 0.216 e. The van der Waals surface area contributed by atoms with Gasteiger partial charge in [0.1, 0.15) is 12.4 Å². The Morgan fingerprint density at radius 2 is 2.42 bits per heavy atom. The molecule has 12 heavy (non-hydrogen) atoms. The number of nitriles is 1. The lowest BCUT2D eigenvalue weighted by Gasteiger charge is -2.02. The van der Waals surface area contributed by atoms with Gasteiger partial charge >= 0.3 is 0 Å². The normalized spacial score (nSPS) is 11.8. The van der Waals surface area contributed by atoms with Crippen molar-refractivity contribution in [2.45, 2.75) is 6.04 Å². The second-order valence-electron chi connectivity index (χ2n) is 2.09. The van der Waals surface area contributed by atoms with Crippen molar-refractivity contribution in [2.75, 3.05) is 7.11 Å². The van der Waals surface area contributed by atoms with Crippen molar-refractivity contribution >= 4 is 0 Å².